The van der Waals surface area contributed by atoms with E-state index < -0.39 is 0 Å². The van der Waals surface area contributed by atoms with Crippen LogP contribution in [0.5, 0.6) is 11.5 Å². The lowest BCUT2D eigenvalue weighted by atomic mass is 9.88. The van der Waals surface area contributed by atoms with Crippen molar-refractivity contribution in [1.29, 1.82) is 0 Å². The van der Waals surface area contributed by atoms with Crippen LogP contribution in [0.25, 0.3) is 32.5 Å². The summed E-state index contributed by atoms with van der Waals surface area (Å²) in [5, 5.41) is 22.6. The van der Waals surface area contributed by atoms with Crippen LogP contribution in [0.4, 0.5) is 0 Å². The van der Waals surface area contributed by atoms with Gasteiger partial charge in [-0.05, 0) is 42.4 Å². The van der Waals surface area contributed by atoms with Gasteiger partial charge in [0.25, 0.3) is 5.56 Å². The van der Waals surface area contributed by atoms with Gasteiger partial charge in [0.2, 0.25) is 0 Å². The van der Waals surface area contributed by atoms with Crippen molar-refractivity contribution in [3.05, 3.63) is 68.3 Å². The molecule has 1 aliphatic rings. The summed E-state index contributed by atoms with van der Waals surface area (Å²) in [5.74, 6) is 0.0980. The van der Waals surface area contributed by atoms with Crippen LogP contribution in [0, 0.1) is 0 Å². The van der Waals surface area contributed by atoms with Crippen LogP contribution >= 0.6 is 22.9 Å². The molecule has 0 unspecified atom stereocenters. The van der Waals surface area contributed by atoms with Crippen LogP contribution in [0.2, 0.25) is 4.34 Å². The number of nitrogens with one attached hydrogen (secondary N) is 1. The Morgan fingerprint density at radius 2 is 1.69 bits per heavy atom. The lowest BCUT2D eigenvalue weighted by Gasteiger charge is -2.19. The number of fused-ring (bicyclic) bond motifs is 2. The van der Waals surface area contributed by atoms with Crippen molar-refractivity contribution in [2.45, 2.75) is 25.7 Å². The van der Waals surface area contributed by atoms with Crippen molar-refractivity contribution in [2.75, 3.05) is 0 Å². The first-order chi connectivity index (χ1) is 14.1. The second-order valence-electron chi connectivity index (χ2n) is 7.31. The van der Waals surface area contributed by atoms with E-state index in [4.69, 9.17) is 11.6 Å². The van der Waals surface area contributed by atoms with Crippen molar-refractivity contribution in [3.63, 3.8) is 0 Å². The summed E-state index contributed by atoms with van der Waals surface area (Å²) in [7, 11) is 0. The molecule has 0 fully saturated rings. The van der Waals surface area contributed by atoms with E-state index in [2.05, 4.69) is 4.98 Å². The van der Waals surface area contributed by atoms with Crippen LogP contribution in [0.15, 0.2) is 47.3 Å². The fourth-order valence-electron chi connectivity index (χ4n) is 4.24. The number of H-pyrrole nitrogens is 1. The number of phenols is 1. The monoisotopic (exact) mass is 423 g/mol. The number of hydrogen-bond donors (Lipinski definition) is 3. The minimum Gasteiger partial charge on any atom is -0.507 e. The summed E-state index contributed by atoms with van der Waals surface area (Å²) in [6.07, 6.45) is 3.94. The van der Waals surface area contributed by atoms with Gasteiger partial charge in [0, 0.05) is 11.1 Å². The first kappa shape index (κ1) is 18.3. The molecule has 6 heteroatoms. The number of benzene rings is 2. The second kappa shape index (κ2) is 6.94. The summed E-state index contributed by atoms with van der Waals surface area (Å²) in [5.41, 5.74) is 3.71. The van der Waals surface area contributed by atoms with Gasteiger partial charge in [-0.1, -0.05) is 54.1 Å². The molecule has 2 aromatic carbocycles. The molecular weight excluding hydrogens is 406 g/mol. The smallest absolute Gasteiger partial charge is 0.260 e. The topological polar surface area (TPSA) is 73.3 Å². The predicted molar refractivity (Wildman–Crippen MR) is 118 cm³/mol. The van der Waals surface area contributed by atoms with E-state index >= 15 is 0 Å². The molecule has 146 valence electrons. The summed E-state index contributed by atoms with van der Waals surface area (Å²) in [6.45, 7) is 0. The van der Waals surface area contributed by atoms with Gasteiger partial charge in [-0.2, -0.15) is 0 Å². The Morgan fingerprint density at radius 3 is 2.48 bits per heavy atom. The molecule has 4 nitrogen and oxygen atoms in total. The molecule has 3 N–H and O–H groups in total. The van der Waals surface area contributed by atoms with Gasteiger partial charge in [-0.3, -0.25) is 4.79 Å². The molecule has 2 heterocycles. The zero-order valence-corrected chi connectivity index (χ0v) is 17.0. The van der Waals surface area contributed by atoms with E-state index in [-0.39, 0.29) is 22.6 Å². The Morgan fingerprint density at radius 1 is 0.931 bits per heavy atom. The maximum atomic E-state index is 12.7. The second-order valence-corrected chi connectivity index (χ2v) is 8.93. The molecular formula is C23H18ClNO3S. The third-order valence-electron chi connectivity index (χ3n) is 5.63. The number of aromatic amines is 1. The number of aromatic hydroxyl groups is 2. The largest absolute Gasteiger partial charge is 0.507 e. The zero-order valence-electron chi connectivity index (χ0n) is 15.5. The fourth-order valence-corrected chi connectivity index (χ4v) is 5.60. The zero-order chi connectivity index (χ0) is 20.1. The van der Waals surface area contributed by atoms with E-state index in [1.807, 2.05) is 30.3 Å². The van der Waals surface area contributed by atoms with Gasteiger partial charge in [0.15, 0.2) is 0 Å². The van der Waals surface area contributed by atoms with Crippen LogP contribution < -0.4 is 5.56 Å². The highest BCUT2D eigenvalue weighted by Gasteiger charge is 2.25. The quantitative estimate of drug-likeness (QED) is 0.377. The van der Waals surface area contributed by atoms with E-state index in [1.54, 1.807) is 12.1 Å². The molecule has 0 saturated heterocycles. The van der Waals surface area contributed by atoms with E-state index in [1.165, 1.54) is 11.3 Å². The Balaban J connectivity index is 1.82. The summed E-state index contributed by atoms with van der Waals surface area (Å²) < 4.78 is 0.419. The first-order valence-electron chi connectivity index (χ1n) is 9.53. The van der Waals surface area contributed by atoms with Gasteiger partial charge in [-0.25, -0.2) is 0 Å². The number of aryl methyl sites for hydroxylation is 1. The lowest BCUT2D eigenvalue weighted by molar-refractivity contribution is 0.464. The summed E-state index contributed by atoms with van der Waals surface area (Å²) in [4.78, 5) is 16.0. The third kappa shape index (κ3) is 2.84. The molecule has 0 saturated carbocycles. The molecule has 0 bridgehead atoms. The van der Waals surface area contributed by atoms with E-state index in [0.717, 1.165) is 36.8 Å². The van der Waals surface area contributed by atoms with Gasteiger partial charge in [0.05, 0.1) is 10.9 Å². The van der Waals surface area contributed by atoms with Gasteiger partial charge in [-0.15, -0.1) is 11.3 Å². The number of phenolic OH excluding ortho intramolecular Hbond substituents is 1. The molecule has 0 spiro atoms. The number of halogens is 1. The van der Waals surface area contributed by atoms with E-state index in [0.29, 0.717) is 31.2 Å². The van der Waals surface area contributed by atoms with Gasteiger partial charge in [0.1, 0.15) is 20.7 Å². The number of rotatable bonds is 2. The SMILES string of the molecule is O=c1[nH]c2sc(Cl)c(-c3ccc4c(c3O)CCCC4)c2c(O)c1-c1ccccc1. The average Bonchev–Trinajstić information content (AvgIpc) is 3.05. The fraction of sp³-hybridized carbons (Fsp3) is 0.174. The molecule has 4 aromatic rings. The van der Waals surface area contributed by atoms with Crippen molar-refractivity contribution in [3.8, 4) is 33.8 Å². The van der Waals surface area contributed by atoms with Crippen molar-refractivity contribution in [1.82, 2.24) is 4.98 Å². The number of hydrogen-bond acceptors (Lipinski definition) is 4. The van der Waals surface area contributed by atoms with Gasteiger partial charge >= 0.3 is 0 Å². The summed E-state index contributed by atoms with van der Waals surface area (Å²) in [6, 6.07) is 12.9. The highest BCUT2D eigenvalue weighted by Crippen LogP contribution is 2.50. The molecule has 2 aromatic heterocycles. The van der Waals surface area contributed by atoms with E-state index in [9.17, 15) is 15.0 Å². The maximum absolute atomic E-state index is 12.7. The third-order valence-corrected chi connectivity index (χ3v) is 6.94. The standard InChI is InChI=1S/C23H18ClNO3S/c24-21-17(15-11-10-12-6-4-5-9-14(12)19(15)26)18-20(27)16(13-7-2-1-3-8-13)22(28)25-23(18)29-21/h1-3,7-8,10-11,26H,4-6,9H2,(H2,25,27,28). The minimum atomic E-state index is -0.375. The van der Waals surface area contributed by atoms with Crippen LogP contribution in [0.3, 0.4) is 0 Å². The Bertz CT molecular complexity index is 1310. The highest BCUT2D eigenvalue weighted by atomic mass is 35.5. The Kier molecular flexibility index (Phi) is 4.37. The first-order valence-corrected chi connectivity index (χ1v) is 10.7. The molecule has 0 aliphatic heterocycles. The normalized spacial score (nSPS) is 13.6. The number of thiophene rings is 1. The minimum absolute atomic E-state index is 0.120. The molecule has 1 aliphatic carbocycles. The molecule has 0 amide bonds. The van der Waals surface area contributed by atoms with Gasteiger partial charge < -0.3 is 15.2 Å². The summed E-state index contributed by atoms with van der Waals surface area (Å²) >= 11 is 7.74. The number of aromatic nitrogens is 1. The molecule has 5 rings (SSSR count). The van der Waals surface area contributed by atoms with Crippen LogP contribution in [0.1, 0.15) is 24.0 Å². The molecule has 0 atom stereocenters. The predicted octanol–water partition coefficient (Wildman–Crippen LogP) is 5.87. The van der Waals surface area contributed by atoms with Crippen molar-refractivity contribution >= 4 is 33.2 Å². The molecule has 29 heavy (non-hydrogen) atoms. The number of pyridine rings is 1. The average molecular weight is 424 g/mol. The van der Waals surface area contributed by atoms with Crippen LogP contribution in [-0.2, 0) is 12.8 Å². The van der Waals surface area contributed by atoms with Crippen molar-refractivity contribution < 1.29 is 10.2 Å². The molecule has 0 radical (unpaired) electrons. The Labute approximate surface area is 176 Å². The van der Waals surface area contributed by atoms with Crippen molar-refractivity contribution in [2.24, 2.45) is 0 Å². The Hall–Kier alpha value is -2.76. The lowest BCUT2D eigenvalue weighted by Crippen LogP contribution is -2.08. The maximum Gasteiger partial charge on any atom is 0.260 e. The van der Waals surface area contributed by atoms with Crippen LogP contribution in [-0.4, -0.2) is 15.2 Å². The highest BCUT2D eigenvalue weighted by molar-refractivity contribution is 7.23.